The zero-order valence-corrected chi connectivity index (χ0v) is 26.9. The van der Waals surface area contributed by atoms with Gasteiger partial charge in [0.25, 0.3) is 0 Å². The minimum atomic E-state index is -0.880. The van der Waals surface area contributed by atoms with E-state index in [2.05, 4.69) is 16.0 Å². The summed E-state index contributed by atoms with van der Waals surface area (Å²) >= 11 is 0. The average Bonchev–Trinajstić information content (AvgIpc) is 3.04. The van der Waals surface area contributed by atoms with Crippen LogP contribution >= 0.6 is 0 Å². The molecule has 12 heteroatoms. The number of amides is 4. The summed E-state index contributed by atoms with van der Waals surface area (Å²) in [6, 6.07) is 17.7. The van der Waals surface area contributed by atoms with Crippen molar-refractivity contribution < 1.29 is 38.2 Å². The van der Waals surface area contributed by atoms with Gasteiger partial charge in [0.05, 0.1) is 5.92 Å². The van der Waals surface area contributed by atoms with Crippen molar-refractivity contribution in [3.63, 3.8) is 0 Å². The second-order valence-corrected chi connectivity index (χ2v) is 12.2. The summed E-state index contributed by atoms with van der Waals surface area (Å²) in [6.07, 6.45) is 1.28. The number of unbranched alkanes of at least 4 members (excludes halogenated alkanes) is 1. The first-order valence-corrected chi connectivity index (χ1v) is 15.7. The van der Waals surface area contributed by atoms with E-state index in [0.29, 0.717) is 45.2 Å². The maximum absolute atomic E-state index is 13.6. The van der Waals surface area contributed by atoms with Crippen molar-refractivity contribution in [3.05, 3.63) is 71.8 Å². The predicted molar refractivity (Wildman–Crippen MR) is 170 cm³/mol. The predicted octanol–water partition coefficient (Wildman–Crippen LogP) is 4.07. The molecule has 1 aliphatic rings. The van der Waals surface area contributed by atoms with Crippen LogP contribution in [0.3, 0.4) is 0 Å². The van der Waals surface area contributed by atoms with E-state index in [0.717, 1.165) is 11.1 Å². The Balaban J connectivity index is 1.46. The molecular formula is C34H46N4O8. The number of carbonyl (C=O) groups is 5. The molecule has 1 heterocycles. The summed E-state index contributed by atoms with van der Waals surface area (Å²) in [5.41, 5.74) is 0.972. The van der Waals surface area contributed by atoms with Gasteiger partial charge in [-0.3, -0.25) is 14.4 Å². The molecule has 1 saturated heterocycles. The topological polar surface area (TPSA) is 152 Å². The number of likely N-dealkylation sites (tertiary alicyclic amines) is 1. The van der Waals surface area contributed by atoms with Gasteiger partial charge in [-0.25, -0.2) is 9.59 Å². The van der Waals surface area contributed by atoms with Crippen LogP contribution in [0.15, 0.2) is 60.7 Å². The van der Waals surface area contributed by atoms with Crippen LogP contribution in [0, 0.1) is 5.92 Å². The first kappa shape index (κ1) is 35.9. The molecule has 0 aliphatic carbocycles. The van der Waals surface area contributed by atoms with Crippen LogP contribution in [0.25, 0.3) is 0 Å². The SMILES string of the molecule is CC(C)(C)OC(=O)N[C@H](CCCCNC(=O)OCc1ccccc1)C(=O)N1CCCC(C(=O)NCC(=O)OCc2ccccc2)C1. The fourth-order valence-electron chi connectivity index (χ4n) is 4.85. The second-order valence-electron chi connectivity index (χ2n) is 12.2. The van der Waals surface area contributed by atoms with Crippen LogP contribution in [0.5, 0.6) is 0 Å². The Hall–Kier alpha value is -4.61. The van der Waals surface area contributed by atoms with E-state index in [1.165, 1.54) is 0 Å². The van der Waals surface area contributed by atoms with Crippen LogP contribution in [0.4, 0.5) is 9.59 Å². The molecule has 0 aromatic heterocycles. The van der Waals surface area contributed by atoms with Gasteiger partial charge in [-0.05, 0) is 64.0 Å². The number of benzene rings is 2. The van der Waals surface area contributed by atoms with Crippen molar-refractivity contribution in [1.29, 1.82) is 0 Å². The van der Waals surface area contributed by atoms with Gasteiger partial charge in [0.1, 0.15) is 31.4 Å². The highest BCUT2D eigenvalue weighted by atomic mass is 16.6. The minimum absolute atomic E-state index is 0.113. The van der Waals surface area contributed by atoms with E-state index in [1.807, 2.05) is 60.7 Å². The van der Waals surface area contributed by atoms with Crippen LogP contribution < -0.4 is 16.0 Å². The Morgan fingerprint density at radius 2 is 1.48 bits per heavy atom. The largest absolute Gasteiger partial charge is 0.460 e. The zero-order chi connectivity index (χ0) is 33.4. The third-order valence-electron chi connectivity index (χ3n) is 7.14. The Labute approximate surface area is 270 Å². The Bertz CT molecular complexity index is 1280. The van der Waals surface area contributed by atoms with Gasteiger partial charge < -0.3 is 35.1 Å². The maximum Gasteiger partial charge on any atom is 0.408 e. The van der Waals surface area contributed by atoms with E-state index >= 15 is 0 Å². The van der Waals surface area contributed by atoms with Crippen molar-refractivity contribution >= 4 is 30.0 Å². The molecule has 1 aliphatic heterocycles. The Morgan fingerprint density at radius 3 is 2.11 bits per heavy atom. The number of hydrogen-bond acceptors (Lipinski definition) is 8. The molecule has 1 unspecified atom stereocenters. The molecular weight excluding hydrogens is 592 g/mol. The maximum atomic E-state index is 13.6. The molecule has 0 radical (unpaired) electrons. The third kappa shape index (κ3) is 13.6. The van der Waals surface area contributed by atoms with Gasteiger partial charge in [0, 0.05) is 19.6 Å². The van der Waals surface area contributed by atoms with Crippen LogP contribution in [-0.2, 0) is 41.8 Å². The molecule has 2 aromatic rings. The Morgan fingerprint density at radius 1 is 0.848 bits per heavy atom. The normalized spacial score (nSPS) is 15.2. The van der Waals surface area contributed by atoms with Gasteiger partial charge in [-0.2, -0.15) is 0 Å². The van der Waals surface area contributed by atoms with Crippen LogP contribution in [-0.4, -0.2) is 72.7 Å². The van der Waals surface area contributed by atoms with Crippen LogP contribution in [0.2, 0.25) is 0 Å². The van der Waals surface area contributed by atoms with E-state index in [1.54, 1.807) is 25.7 Å². The van der Waals surface area contributed by atoms with E-state index < -0.39 is 35.7 Å². The van der Waals surface area contributed by atoms with Crippen molar-refractivity contribution in [2.75, 3.05) is 26.2 Å². The summed E-state index contributed by atoms with van der Waals surface area (Å²) < 4.78 is 15.8. The van der Waals surface area contributed by atoms with Gasteiger partial charge in [0.2, 0.25) is 11.8 Å². The lowest BCUT2D eigenvalue weighted by Crippen LogP contribution is -2.53. The van der Waals surface area contributed by atoms with E-state index in [9.17, 15) is 24.0 Å². The molecule has 2 aromatic carbocycles. The molecule has 0 saturated carbocycles. The van der Waals surface area contributed by atoms with Gasteiger partial charge in [-0.1, -0.05) is 60.7 Å². The number of alkyl carbamates (subject to hydrolysis) is 2. The molecule has 3 N–H and O–H groups in total. The molecule has 1 fully saturated rings. The fourth-order valence-corrected chi connectivity index (χ4v) is 4.85. The summed E-state index contributed by atoms with van der Waals surface area (Å²) in [6.45, 7) is 6.13. The second kappa shape index (κ2) is 18.4. The molecule has 250 valence electrons. The van der Waals surface area contributed by atoms with Gasteiger partial charge in [-0.15, -0.1) is 0 Å². The number of nitrogens with one attached hydrogen (secondary N) is 3. The number of carbonyl (C=O) groups excluding carboxylic acids is 5. The molecule has 46 heavy (non-hydrogen) atoms. The number of ether oxygens (including phenoxy) is 3. The average molecular weight is 639 g/mol. The van der Waals surface area contributed by atoms with E-state index in [4.69, 9.17) is 14.2 Å². The first-order valence-electron chi connectivity index (χ1n) is 15.7. The molecule has 0 bridgehead atoms. The molecule has 12 nitrogen and oxygen atoms in total. The standard InChI is InChI=1S/C34H46N4O8/c1-34(2,3)46-33(43)37-28(18-10-11-19-35-32(42)45-24-26-15-8-5-9-16-26)31(41)38-20-12-17-27(22-38)30(40)36-21-29(39)44-23-25-13-6-4-7-14-25/h4-9,13-16,27-28H,10-12,17-24H2,1-3H3,(H,35,42)(H,36,40)(H,37,43)/t27?,28-/m1/s1. The van der Waals surface area contributed by atoms with Gasteiger partial charge >= 0.3 is 18.2 Å². The highest BCUT2D eigenvalue weighted by molar-refractivity contribution is 5.87. The third-order valence-corrected chi connectivity index (χ3v) is 7.14. The summed E-state index contributed by atoms with van der Waals surface area (Å²) in [5.74, 6) is -1.72. The lowest BCUT2D eigenvalue weighted by atomic mass is 9.96. The van der Waals surface area contributed by atoms with E-state index in [-0.39, 0.29) is 38.1 Å². The highest BCUT2D eigenvalue weighted by Crippen LogP contribution is 2.19. The summed E-state index contributed by atoms with van der Waals surface area (Å²) in [7, 11) is 0. The number of rotatable bonds is 14. The first-order chi connectivity index (χ1) is 22.0. The minimum Gasteiger partial charge on any atom is -0.460 e. The summed E-state index contributed by atoms with van der Waals surface area (Å²) in [5, 5.41) is 8.02. The molecule has 4 amide bonds. The lowest BCUT2D eigenvalue weighted by Gasteiger charge is -2.34. The van der Waals surface area contributed by atoms with Crippen molar-refractivity contribution in [2.45, 2.75) is 77.7 Å². The Kier molecular flexibility index (Phi) is 14.3. The number of hydrogen-bond donors (Lipinski definition) is 3. The molecule has 0 spiro atoms. The van der Waals surface area contributed by atoms with Crippen molar-refractivity contribution in [1.82, 2.24) is 20.9 Å². The number of nitrogens with zero attached hydrogens (tertiary/aromatic N) is 1. The molecule has 3 rings (SSSR count). The fraction of sp³-hybridized carbons (Fsp3) is 0.500. The van der Waals surface area contributed by atoms with Crippen LogP contribution in [0.1, 0.15) is 64.0 Å². The molecule has 2 atom stereocenters. The van der Waals surface area contributed by atoms with Crippen molar-refractivity contribution in [3.8, 4) is 0 Å². The zero-order valence-electron chi connectivity index (χ0n) is 26.9. The lowest BCUT2D eigenvalue weighted by molar-refractivity contribution is -0.146. The van der Waals surface area contributed by atoms with Gasteiger partial charge in [0.15, 0.2) is 0 Å². The number of esters is 1. The smallest absolute Gasteiger partial charge is 0.408 e. The quantitative estimate of drug-likeness (QED) is 0.159. The highest BCUT2D eigenvalue weighted by Gasteiger charge is 2.33. The monoisotopic (exact) mass is 638 g/mol. The summed E-state index contributed by atoms with van der Waals surface area (Å²) in [4.78, 5) is 64.9. The number of piperidine rings is 1. The van der Waals surface area contributed by atoms with Crippen molar-refractivity contribution in [2.24, 2.45) is 5.92 Å².